The van der Waals surface area contributed by atoms with Crippen LogP contribution >= 0.6 is 0 Å². The molecule has 0 aromatic carbocycles. The van der Waals surface area contributed by atoms with Crippen LogP contribution in [0.3, 0.4) is 0 Å². The number of carbonyl (C=O) groups excluding carboxylic acids is 2. The van der Waals surface area contributed by atoms with Crippen LogP contribution in [0.2, 0.25) is 0 Å². The van der Waals surface area contributed by atoms with Gasteiger partial charge in [0.05, 0.1) is 11.9 Å². The molecule has 3 aliphatic heterocycles. The Balaban J connectivity index is 1.62. The van der Waals surface area contributed by atoms with E-state index in [9.17, 15) is 23.1 Å². The largest absolute Gasteiger partial charge is 0.389 e. The number of nitrogens with zero attached hydrogens (tertiary/aromatic N) is 3. The van der Waals surface area contributed by atoms with Crippen LogP contribution in [0.4, 0.5) is 0 Å². The monoisotopic (exact) mass is 427 g/mol. The average Bonchev–Trinajstić information content (AvgIpc) is 2.98. The summed E-state index contributed by atoms with van der Waals surface area (Å²) in [6, 6.07) is 0. The van der Waals surface area contributed by atoms with Gasteiger partial charge in [-0.15, -0.1) is 0 Å². The average molecular weight is 428 g/mol. The van der Waals surface area contributed by atoms with Gasteiger partial charge in [-0.25, -0.2) is 8.42 Å². The minimum absolute atomic E-state index is 0.0451. The summed E-state index contributed by atoms with van der Waals surface area (Å²) in [4.78, 5) is 30.9. The Morgan fingerprint density at radius 2 is 1.83 bits per heavy atom. The summed E-state index contributed by atoms with van der Waals surface area (Å²) in [5.74, 6) is -0.413. The predicted molar refractivity (Wildman–Crippen MR) is 110 cm³/mol. The first-order chi connectivity index (χ1) is 13.8. The summed E-state index contributed by atoms with van der Waals surface area (Å²) in [7, 11) is -1.41. The second kappa shape index (κ2) is 9.57. The third-order valence-corrected chi connectivity index (χ3v) is 8.32. The van der Waals surface area contributed by atoms with Crippen LogP contribution in [-0.4, -0.2) is 103 Å². The lowest BCUT2D eigenvalue weighted by Crippen LogP contribution is -2.46. The molecule has 2 amide bonds. The van der Waals surface area contributed by atoms with Crippen LogP contribution in [0.5, 0.6) is 0 Å². The normalized spacial score (nSPS) is 29.0. The number of β-amino-alcohol motifs (C(OH)–C–C–N with tert-alkyl or cyclic N) is 1. The maximum Gasteiger partial charge on any atom is 0.241 e. The zero-order valence-electron chi connectivity index (χ0n) is 17.3. The number of aliphatic hydroxyl groups excluding tert-OH is 1. The van der Waals surface area contributed by atoms with Gasteiger partial charge in [0.25, 0.3) is 0 Å². The molecule has 2 fully saturated rings. The molecule has 3 rings (SSSR count). The van der Waals surface area contributed by atoms with Gasteiger partial charge in [0.15, 0.2) is 9.84 Å². The fourth-order valence-electron chi connectivity index (χ4n) is 4.31. The van der Waals surface area contributed by atoms with Crippen molar-refractivity contribution in [1.82, 2.24) is 14.7 Å². The van der Waals surface area contributed by atoms with Crippen molar-refractivity contribution in [2.45, 2.75) is 49.9 Å². The van der Waals surface area contributed by atoms with E-state index < -0.39 is 27.1 Å². The molecule has 2 unspecified atom stereocenters. The molecule has 164 valence electrons. The van der Waals surface area contributed by atoms with E-state index in [2.05, 4.69) is 11.0 Å². The standard InChI is InChI=1S/C20H33N3O5S/c1-21-8-6-16(7-9-21)13-19(25)22-10-11-23(15-17(24)14-22)20(26)18-5-3-2-4-12-29(18,27)28/h6,17-18,24H,2-5,7-15H2,1H3. The summed E-state index contributed by atoms with van der Waals surface area (Å²) < 4.78 is 25.0. The second-order valence-corrected chi connectivity index (χ2v) is 10.8. The molecule has 0 spiro atoms. The Labute approximate surface area is 173 Å². The highest BCUT2D eigenvalue weighted by molar-refractivity contribution is 7.92. The molecule has 8 nitrogen and oxygen atoms in total. The fraction of sp³-hybridized carbons (Fsp3) is 0.800. The van der Waals surface area contributed by atoms with Crippen molar-refractivity contribution in [3.05, 3.63) is 11.6 Å². The number of rotatable bonds is 3. The molecular formula is C20H33N3O5S. The quantitative estimate of drug-likeness (QED) is 0.638. The molecule has 2 saturated heterocycles. The number of aliphatic hydroxyl groups is 1. The lowest BCUT2D eigenvalue weighted by atomic mass is 10.0. The first kappa shape index (κ1) is 22.2. The van der Waals surface area contributed by atoms with E-state index in [1.54, 1.807) is 4.90 Å². The van der Waals surface area contributed by atoms with Crippen LogP contribution in [0.1, 0.15) is 38.5 Å². The first-order valence-corrected chi connectivity index (χ1v) is 12.3. The van der Waals surface area contributed by atoms with E-state index >= 15 is 0 Å². The van der Waals surface area contributed by atoms with Crippen LogP contribution in [0.25, 0.3) is 0 Å². The maximum absolute atomic E-state index is 13.0. The fourth-order valence-corrected chi connectivity index (χ4v) is 6.18. The molecule has 0 radical (unpaired) electrons. The van der Waals surface area contributed by atoms with Gasteiger partial charge >= 0.3 is 0 Å². The van der Waals surface area contributed by atoms with E-state index in [4.69, 9.17) is 0 Å². The van der Waals surface area contributed by atoms with Crippen molar-refractivity contribution in [3.8, 4) is 0 Å². The molecule has 0 aliphatic carbocycles. The highest BCUT2D eigenvalue weighted by atomic mass is 32.2. The molecule has 0 aromatic rings. The SMILES string of the molecule is CN1CC=C(CC(=O)N2CCN(C(=O)C3CCCCCS3(=O)=O)CC(O)C2)CC1. The van der Waals surface area contributed by atoms with E-state index in [1.807, 2.05) is 7.05 Å². The van der Waals surface area contributed by atoms with Gasteiger partial charge in [0.2, 0.25) is 11.8 Å². The summed E-state index contributed by atoms with van der Waals surface area (Å²) >= 11 is 0. The number of carbonyl (C=O) groups is 2. The Bertz CT molecular complexity index is 751. The van der Waals surface area contributed by atoms with Crippen molar-refractivity contribution in [2.75, 3.05) is 52.1 Å². The van der Waals surface area contributed by atoms with Gasteiger partial charge in [0, 0.05) is 45.7 Å². The van der Waals surface area contributed by atoms with E-state index in [0.717, 1.165) is 37.9 Å². The first-order valence-electron chi connectivity index (χ1n) is 10.6. The van der Waals surface area contributed by atoms with Crippen LogP contribution in [-0.2, 0) is 19.4 Å². The minimum atomic E-state index is -3.46. The Kier molecular flexibility index (Phi) is 7.34. The van der Waals surface area contributed by atoms with E-state index in [1.165, 1.54) is 4.90 Å². The number of likely N-dealkylation sites (N-methyl/N-ethyl adjacent to an activating group) is 1. The zero-order valence-corrected chi connectivity index (χ0v) is 18.1. The molecule has 3 aliphatic rings. The molecule has 3 heterocycles. The highest BCUT2D eigenvalue weighted by Gasteiger charge is 2.38. The summed E-state index contributed by atoms with van der Waals surface area (Å²) in [6.07, 6.45) is 4.91. The van der Waals surface area contributed by atoms with Gasteiger partial charge in [0.1, 0.15) is 5.25 Å². The van der Waals surface area contributed by atoms with Gasteiger partial charge in [-0.1, -0.05) is 24.5 Å². The van der Waals surface area contributed by atoms with E-state index in [0.29, 0.717) is 25.8 Å². The predicted octanol–water partition coefficient (Wildman–Crippen LogP) is 0.0275. The summed E-state index contributed by atoms with van der Waals surface area (Å²) in [5.41, 5.74) is 1.12. The molecular weight excluding hydrogens is 394 g/mol. The smallest absolute Gasteiger partial charge is 0.241 e. The third-order valence-electron chi connectivity index (χ3n) is 6.16. The molecule has 9 heteroatoms. The molecule has 0 bridgehead atoms. The maximum atomic E-state index is 13.0. The lowest BCUT2D eigenvalue weighted by molar-refractivity contribution is -0.133. The number of amides is 2. The Morgan fingerprint density at radius 1 is 1.10 bits per heavy atom. The molecule has 0 aromatic heterocycles. The van der Waals surface area contributed by atoms with Crippen LogP contribution < -0.4 is 0 Å². The topological polar surface area (TPSA) is 98.2 Å². The van der Waals surface area contributed by atoms with Gasteiger partial charge < -0.3 is 19.8 Å². The van der Waals surface area contributed by atoms with Crippen molar-refractivity contribution >= 4 is 21.7 Å². The number of hydrogen-bond donors (Lipinski definition) is 1. The summed E-state index contributed by atoms with van der Waals surface area (Å²) in [6.45, 7) is 2.59. The van der Waals surface area contributed by atoms with Crippen LogP contribution in [0, 0.1) is 0 Å². The van der Waals surface area contributed by atoms with Crippen molar-refractivity contribution in [3.63, 3.8) is 0 Å². The number of sulfone groups is 1. The highest BCUT2D eigenvalue weighted by Crippen LogP contribution is 2.22. The zero-order chi connectivity index (χ0) is 21.0. The molecule has 0 saturated carbocycles. The van der Waals surface area contributed by atoms with Crippen molar-refractivity contribution in [2.24, 2.45) is 0 Å². The van der Waals surface area contributed by atoms with Gasteiger partial charge in [-0.2, -0.15) is 0 Å². The second-order valence-electron chi connectivity index (χ2n) is 8.53. The van der Waals surface area contributed by atoms with Crippen molar-refractivity contribution < 1.29 is 23.1 Å². The van der Waals surface area contributed by atoms with E-state index in [-0.39, 0.29) is 31.3 Å². The Hall–Kier alpha value is -1.45. The van der Waals surface area contributed by atoms with Crippen molar-refractivity contribution in [1.29, 1.82) is 0 Å². The van der Waals surface area contributed by atoms with Gasteiger partial charge in [-0.3, -0.25) is 9.59 Å². The molecule has 29 heavy (non-hydrogen) atoms. The Morgan fingerprint density at radius 3 is 2.55 bits per heavy atom. The number of hydrogen-bond acceptors (Lipinski definition) is 6. The third kappa shape index (κ3) is 5.79. The molecule has 1 N–H and O–H groups in total. The van der Waals surface area contributed by atoms with Crippen LogP contribution in [0.15, 0.2) is 11.6 Å². The molecule has 2 atom stereocenters. The lowest BCUT2D eigenvalue weighted by Gasteiger charge is -2.26. The minimum Gasteiger partial charge on any atom is -0.389 e. The van der Waals surface area contributed by atoms with Gasteiger partial charge in [-0.05, 0) is 26.3 Å². The summed E-state index contributed by atoms with van der Waals surface area (Å²) in [5, 5.41) is 9.38.